The second kappa shape index (κ2) is 8.50. The third-order valence-electron chi connectivity index (χ3n) is 5.23. The molecule has 146 valence electrons. The maximum atomic E-state index is 12.5. The number of nitrogens with one attached hydrogen (secondary N) is 1. The van der Waals surface area contributed by atoms with Gasteiger partial charge >= 0.3 is 0 Å². The summed E-state index contributed by atoms with van der Waals surface area (Å²) in [6.45, 7) is 7.00. The van der Waals surface area contributed by atoms with Gasteiger partial charge in [-0.25, -0.2) is 8.42 Å². The molecular weight excluding hydrogens is 350 g/mol. The van der Waals surface area contributed by atoms with Crippen LogP contribution in [0.3, 0.4) is 0 Å². The Bertz CT molecular complexity index is 710. The van der Waals surface area contributed by atoms with Crippen LogP contribution in [0.25, 0.3) is 0 Å². The molecule has 2 rings (SSSR count). The van der Waals surface area contributed by atoms with E-state index in [1.165, 1.54) is 4.31 Å². The molecule has 1 aliphatic carbocycles. The van der Waals surface area contributed by atoms with E-state index in [0.717, 1.165) is 18.4 Å². The molecule has 0 spiro atoms. The number of amides is 1. The van der Waals surface area contributed by atoms with E-state index in [9.17, 15) is 13.2 Å². The second-order valence-corrected chi connectivity index (χ2v) is 9.12. The summed E-state index contributed by atoms with van der Waals surface area (Å²) in [6.07, 6.45) is 3.18. The lowest BCUT2D eigenvalue weighted by Crippen LogP contribution is -2.53. The molecule has 1 amide bonds. The van der Waals surface area contributed by atoms with Crippen molar-refractivity contribution in [3.63, 3.8) is 0 Å². The second-order valence-electron chi connectivity index (χ2n) is 7.18. The molecule has 0 radical (unpaired) electrons. The molecule has 0 aromatic heterocycles. The zero-order valence-electron chi connectivity index (χ0n) is 16.0. The van der Waals surface area contributed by atoms with Gasteiger partial charge in [0, 0.05) is 26.1 Å². The van der Waals surface area contributed by atoms with E-state index in [2.05, 4.69) is 5.32 Å². The van der Waals surface area contributed by atoms with E-state index >= 15 is 0 Å². The lowest BCUT2D eigenvalue weighted by Gasteiger charge is -2.29. The first kappa shape index (κ1) is 20.9. The molecule has 1 atom stereocenters. The number of carbonyl (C=O) groups excluding carboxylic acids is 1. The molecule has 0 heterocycles. The van der Waals surface area contributed by atoms with Gasteiger partial charge in [-0.1, -0.05) is 26.0 Å². The van der Waals surface area contributed by atoms with Crippen LogP contribution in [0.2, 0.25) is 0 Å². The maximum absolute atomic E-state index is 12.5. The lowest BCUT2D eigenvalue weighted by atomic mass is 9.95. The highest BCUT2D eigenvalue weighted by Gasteiger charge is 2.41. The van der Waals surface area contributed by atoms with Gasteiger partial charge in [0.25, 0.3) is 0 Å². The van der Waals surface area contributed by atoms with E-state index in [-0.39, 0.29) is 11.4 Å². The van der Waals surface area contributed by atoms with Crippen molar-refractivity contribution in [2.24, 2.45) is 11.7 Å². The highest BCUT2D eigenvalue weighted by molar-refractivity contribution is 7.89. The zero-order chi connectivity index (χ0) is 19.4. The van der Waals surface area contributed by atoms with Crippen LogP contribution < -0.4 is 11.1 Å². The normalized spacial score (nSPS) is 17.1. The standard InChI is InChI=1S/C19H31N3O3S/c1-4-22(5-2)26(24,25)17-11-6-15(7-12-17)8-13-18(23)21-19(3,14-20)16-9-10-16/h6-7,11-12,16H,4-5,8-10,13-14,20H2,1-3H3,(H,21,23). The van der Waals surface area contributed by atoms with Crippen LogP contribution in [0, 0.1) is 5.92 Å². The highest BCUT2D eigenvalue weighted by Crippen LogP contribution is 2.39. The van der Waals surface area contributed by atoms with Crippen molar-refractivity contribution in [3.8, 4) is 0 Å². The Kier molecular flexibility index (Phi) is 6.82. The van der Waals surface area contributed by atoms with Gasteiger partial charge in [0.1, 0.15) is 0 Å². The van der Waals surface area contributed by atoms with Gasteiger partial charge < -0.3 is 11.1 Å². The van der Waals surface area contributed by atoms with E-state index in [4.69, 9.17) is 5.73 Å². The van der Waals surface area contributed by atoms with Crippen LogP contribution in [-0.2, 0) is 21.2 Å². The molecule has 26 heavy (non-hydrogen) atoms. The Morgan fingerprint density at radius 3 is 2.27 bits per heavy atom. The summed E-state index contributed by atoms with van der Waals surface area (Å²) in [5.74, 6) is 0.478. The van der Waals surface area contributed by atoms with Crippen LogP contribution in [0.15, 0.2) is 29.2 Å². The number of rotatable bonds is 10. The van der Waals surface area contributed by atoms with Crippen molar-refractivity contribution in [2.45, 2.75) is 56.9 Å². The minimum Gasteiger partial charge on any atom is -0.349 e. The van der Waals surface area contributed by atoms with Crippen molar-refractivity contribution >= 4 is 15.9 Å². The summed E-state index contributed by atoms with van der Waals surface area (Å²) >= 11 is 0. The van der Waals surface area contributed by atoms with Gasteiger partial charge in [-0.2, -0.15) is 4.31 Å². The molecule has 6 nitrogen and oxygen atoms in total. The predicted molar refractivity (Wildman–Crippen MR) is 103 cm³/mol. The largest absolute Gasteiger partial charge is 0.349 e. The van der Waals surface area contributed by atoms with E-state index in [1.807, 2.05) is 20.8 Å². The molecular formula is C19H31N3O3S. The fourth-order valence-electron chi connectivity index (χ4n) is 3.22. The number of sulfonamides is 1. The van der Waals surface area contributed by atoms with Crippen LogP contribution in [0.1, 0.15) is 45.6 Å². The number of hydrogen-bond donors (Lipinski definition) is 2. The van der Waals surface area contributed by atoms with E-state index < -0.39 is 10.0 Å². The van der Waals surface area contributed by atoms with Crippen LogP contribution in [0.4, 0.5) is 0 Å². The Labute approximate surface area is 157 Å². The molecule has 1 unspecified atom stereocenters. The Morgan fingerprint density at radius 1 is 1.23 bits per heavy atom. The number of carbonyl (C=O) groups is 1. The quantitative estimate of drug-likeness (QED) is 0.647. The zero-order valence-corrected chi connectivity index (χ0v) is 16.8. The lowest BCUT2D eigenvalue weighted by molar-refractivity contribution is -0.123. The van der Waals surface area contributed by atoms with E-state index in [0.29, 0.717) is 43.3 Å². The minimum atomic E-state index is -3.44. The van der Waals surface area contributed by atoms with Gasteiger partial charge in [0.15, 0.2) is 0 Å². The maximum Gasteiger partial charge on any atom is 0.243 e. The van der Waals surface area contributed by atoms with Gasteiger partial charge in [-0.05, 0) is 49.8 Å². The molecule has 1 saturated carbocycles. The van der Waals surface area contributed by atoms with Crippen molar-refractivity contribution < 1.29 is 13.2 Å². The summed E-state index contributed by atoms with van der Waals surface area (Å²) in [6, 6.07) is 6.81. The van der Waals surface area contributed by atoms with Gasteiger partial charge in [-0.15, -0.1) is 0 Å². The predicted octanol–water partition coefficient (Wildman–Crippen LogP) is 1.89. The average molecular weight is 382 g/mol. The van der Waals surface area contributed by atoms with Crippen LogP contribution in [-0.4, -0.2) is 43.8 Å². The number of aryl methyl sites for hydroxylation is 1. The van der Waals surface area contributed by atoms with Crippen molar-refractivity contribution in [1.29, 1.82) is 0 Å². The first-order chi connectivity index (χ1) is 12.3. The van der Waals surface area contributed by atoms with Crippen LogP contribution in [0.5, 0.6) is 0 Å². The first-order valence-corrected chi connectivity index (χ1v) is 10.8. The average Bonchev–Trinajstić information content (AvgIpc) is 3.46. The van der Waals surface area contributed by atoms with Crippen LogP contribution >= 0.6 is 0 Å². The summed E-state index contributed by atoms with van der Waals surface area (Å²) in [4.78, 5) is 12.5. The number of nitrogens with zero attached hydrogens (tertiary/aromatic N) is 1. The number of hydrogen-bond acceptors (Lipinski definition) is 4. The molecule has 3 N–H and O–H groups in total. The van der Waals surface area contributed by atoms with Gasteiger partial charge in [0.2, 0.25) is 15.9 Å². The Hall–Kier alpha value is -1.44. The first-order valence-electron chi connectivity index (χ1n) is 9.37. The summed E-state index contributed by atoms with van der Waals surface area (Å²) in [5, 5.41) is 3.07. The fourth-order valence-corrected chi connectivity index (χ4v) is 4.68. The van der Waals surface area contributed by atoms with Gasteiger partial charge in [-0.3, -0.25) is 4.79 Å². The summed E-state index contributed by atoms with van der Waals surface area (Å²) in [7, 11) is -3.44. The topological polar surface area (TPSA) is 92.5 Å². The van der Waals surface area contributed by atoms with Crippen molar-refractivity contribution in [2.75, 3.05) is 19.6 Å². The molecule has 1 aromatic rings. The van der Waals surface area contributed by atoms with Crippen molar-refractivity contribution in [3.05, 3.63) is 29.8 Å². The highest BCUT2D eigenvalue weighted by atomic mass is 32.2. The fraction of sp³-hybridized carbons (Fsp3) is 0.632. The molecule has 1 aromatic carbocycles. The molecule has 1 fully saturated rings. The van der Waals surface area contributed by atoms with Gasteiger partial charge in [0.05, 0.1) is 10.4 Å². The molecule has 0 saturated heterocycles. The van der Waals surface area contributed by atoms with Crippen molar-refractivity contribution in [1.82, 2.24) is 9.62 Å². The smallest absolute Gasteiger partial charge is 0.243 e. The number of nitrogens with two attached hydrogens (primary N) is 1. The summed E-state index contributed by atoms with van der Waals surface area (Å²) < 4.78 is 26.4. The molecule has 1 aliphatic rings. The Balaban J connectivity index is 1.94. The SMILES string of the molecule is CCN(CC)S(=O)(=O)c1ccc(CCC(=O)NC(C)(CN)C2CC2)cc1. The summed E-state index contributed by atoms with van der Waals surface area (Å²) in [5.41, 5.74) is 6.47. The molecule has 0 bridgehead atoms. The monoisotopic (exact) mass is 381 g/mol. The minimum absolute atomic E-state index is 0.00955. The third kappa shape index (κ3) is 4.84. The third-order valence-corrected chi connectivity index (χ3v) is 7.30. The number of benzene rings is 1. The molecule has 0 aliphatic heterocycles. The van der Waals surface area contributed by atoms with E-state index in [1.54, 1.807) is 24.3 Å². The molecule has 7 heteroatoms. The Morgan fingerprint density at radius 2 is 1.81 bits per heavy atom.